The summed E-state index contributed by atoms with van der Waals surface area (Å²) >= 11 is 6.06. The van der Waals surface area contributed by atoms with Crippen LogP contribution in [0.15, 0.2) is 6.33 Å². The van der Waals surface area contributed by atoms with Gasteiger partial charge >= 0.3 is 0 Å². The van der Waals surface area contributed by atoms with Crippen molar-refractivity contribution in [2.45, 2.75) is 43.5 Å². The van der Waals surface area contributed by atoms with Crippen molar-refractivity contribution in [2.24, 2.45) is 0 Å². The first-order valence-corrected chi connectivity index (χ1v) is 9.08. The molecule has 0 saturated carbocycles. The third kappa shape index (κ3) is 3.47. The minimum atomic E-state index is -1.26. The first-order chi connectivity index (χ1) is 13.0. The number of hydrogen-bond donors (Lipinski definition) is 5. The van der Waals surface area contributed by atoms with Gasteiger partial charge in [0.2, 0.25) is 5.28 Å². The van der Waals surface area contributed by atoms with Gasteiger partial charge in [-0.3, -0.25) is 4.57 Å². The zero-order valence-corrected chi connectivity index (χ0v) is 15.1. The molecule has 1 unspecified atom stereocenters. The summed E-state index contributed by atoms with van der Waals surface area (Å²) in [7, 11) is 0. The Morgan fingerprint density at radius 2 is 2.07 bits per heavy atom. The number of fused-ring (bicyclic) bond motifs is 1. The molecular weight excluding hydrogens is 380 g/mol. The Balaban J connectivity index is 1.66. The minimum absolute atomic E-state index is 0.0314. The molecule has 148 valence electrons. The zero-order valence-electron chi connectivity index (χ0n) is 14.3. The molecule has 11 nitrogen and oxygen atoms in total. The average Bonchev–Trinajstić information content (AvgIpc) is 3.17. The second kappa shape index (κ2) is 7.43. The summed E-state index contributed by atoms with van der Waals surface area (Å²) in [6, 6.07) is 0. The number of nitrogens with one attached hydrogen (secondary N) is 1. The van der Waals surface area contributed by atoms with Crippen molar-refractivity contribution in [3.8, 4) is 0 Å². The van der Waals surface area contributed by atoms with Crippen molar-refractivity contribution in [3.63, 3.8) is 0 Å². The number of nitrogens with zero attached hydrogens (tertiary/aromatic N) is 5. The van der Waals surface area contributed by atoms with E-state index < -0.39 is 37.3 Å². The van der Waals surface area contributed by atoms with Gasteiger partial charge in [-0.05, 0) is 24.4 Å². The molecule has 0 aromatic carbocycles. The summed E-state index contributed by atoms with van der Waals surface area (Å²) in [6.07, 6.45) is -1.80. The van der Waals surface area contributed by atoms with Gasteiger partial charge in [-0.25, -0.2) is 9.99 Å². The van der Waals surface area contributed by atoms with E-state index in [-0.39, 0.29) is 5.28 Å². The standard InChI is InChI=1S/C15H21ClN6O5/c16-15-18-12(20-21-3-1-2-7(24)4-21)9-13(19-15)22(6-17-9)14-11(26)10(25)8(5-23)27-14/h6-8,10-11,14,23-26H,1-5H2,(H,18,19,20)/t7?,8-,10-,11-,14-/m1/s1. The fourth-order valence-electron chi connectivity index (χ4n) is 3.47. The lowest BCUT2D eigenvalue weighted by Gasteiger charge is -2.30. The molecule has 0 amide bonds. The van der Waals surface area contributed by atoms with Crippen LogP contribution in [0.2, 0.25) is 5.28 Å². The number of anilines is 1. The molecule has 12 heteroatoms. The highest BCUT2D eigenvalue weighted by Gasteiger charge is 2.44. The normalized spacial score (nSPS) is 32.3. The third-order valence-electron chi connectivity index (χ3n) is 4.85. The molecule has 5 atom stereocenters. The Hall–Kier alpha value is -1.60. The van der Waals surface area contributed by atoms with Gasteiger partial charge in [0.15, 0.2) is 23.2 Å². The number of aromatic nitrogens is 4. The Labute approximate surface area is 159 Å². The van der Waals surface area contributed by atoms with E-state index >= 15 is 0 Å². The van der Waals surface area contributed by atoms with Gasteiger partial charge in [0.05, 0.1) is 19.0 Å². The minimum Gasteiger partial charge on any atom is -0.394 e. The fourth-order valence-corrected chi connectivity index (χ4v) is 3.63. The number of halogens is 1. The summed E-state index contributed by atoms with van der Waals surface area (Å²) in [6.45, 7) is 0.746. The van der Waals surface area contributed by atoms with E-state index in [1.807, 2.05) is 5.01 Å². The maximum absolute atomic E-state index is 10.3. The molecule has 2 saturated heterocycles. The maximum Gasteiger partial charge on any atom is 0.226 e. The number of rotatable bonds is 4. The summed E-state index contributed by atoms with van der Waals surface area (Å²) < 4.78 is 6.98. The van der Waals surface area contributed by atoms with Crippen LogP contribution in [0.3, 0.4) is 0 Å². The summed E-state index contributed by atoms with van der Waals surface area (Å²) in [5, 5.41) is 41.1. The average molecular weight is 401 g/mol. The molecule has 4 rings (SSSR count). The first kappa shape index (κ1) is 18.7. The number of piperidine rings is 1. The monoisotopic (exact) mass is 400 g/mol. The van der Waals surface area contributed by atoms with Gasteiger partial charge < -0.3 is 30.6 Å². The van der Waals surface area contributed by atoms with Crippen LogP contribution in [0.5, 0.6) is 0 Å². The molecule has 2 aromatic heterocycles. The molecule has 2 aliphatic heterocycles. The van der Waals surface area contributed by atoms with Crippen molar-refractivity contribution in [3.05, 3.63) is 11.6 Å². The lowest BCUT2D eigenvalue weighted by Crippen LogP contribution is -2.42. The van der Waals surface area contributed by atoms with Gasteiger partial charge in [0, 0.05) is 13.1 Å². The molecule has 4 heterocycles. The van der Waals surface area contributed by atoms with Crippen LogP contribution in [0.4, 0.5) is 5.82 Å². The van der Waals surface area contributed by atoms with Crippen LogP contribution >= 0.6 is 11.6 Å². The quantitative estimate of drug-likeness (QED) is 0.399. The van der Waals surface area contributed by atoms with Crippen molar-refractivity contribution in [1.29, 1.82) is 0 Å². The Morgan fingerprint density at radius 1 is 1.26 bits per heavy atom. The summed E-state index contributed by atoms with van der Waals surface area (Å²) in [4.78, 5) is 12.6. The van der Waals surface area contributed by atoms with Crippen molar-refractivity contribution in [2.75, 3.05) is 25.1 Å². The third-order valence-corrected chi connectivity index (χ3v) is 5.02. The molecular formula is C15H21ClN6O5. The number of ether oxygens (including phenoxy) is 1. The van der Waals surface area contributed by atoms with Gasteiger partial charge in [0.1, 0.15) is 18.3 Å². The van der Waals surface area contributed by atoms with Crippen LogP contribution in [-0.4, -0.2) is 89.1 Å². The van der Waals surface area contributed by atoms with Crippen LogP contribution in [0, 0.1) is 0 Å². The molecule has 0 radical (unpaired) electrons. The lowest BCUT2D eigenvalue weighted by molar-refractivity contribution is -0.0511. The largest absolute Gasteiger partial charge is 0.394 e. The molecule has 2 fully saturated rings. The molecule has 27 heavy (non-hydrogen) atoms. The number of aliphatic hydroxyl groups excluding tert-OH is 4. The fraction of sp³-hybridized carbons (Fsp3) is 0.667. The van der Waals surface area contributed by atoms with E-state index in [2.05, 4.69) is 20.4 Å². The molecule has 2 aromatic rings. The highest BCUT2D eigenvalue weighted by molar-refractivity contribution is 6.28. The maximum atomic E-state index is 10.3. The van der Waals surface area contributed by atoms with Crippen molar-refractivity contribution in [1.82, 2.24) is 24.5 Å². The van der Waals surface area contributed by atoms with Crippen LogP contribution in [-0.2, 0) is 4.74 Å². The molecule has 5 N–H and O–H groups in total. The van der Waals surface area contributed by atoms with Gasteiger partial charge in [-0.1, -0.05) is 0 Å². The Bertz CT molecular complexity index is 821. The lowest BCUT2D eigenvalue weighted by atomic mass is 10.1. The van der Waals surface area contributed by atoms with Crippen LogP contribution in [0.1, 0.15) is 19.1 Å². The molecule has 0 bridgehead atoms. The van der Waals surface area contributed by atoms with Crippen molar-refractivity contribution < 1.29 is 25.2 Å². The second-order valence-corrected chi connectivity index (χ2v) is 7.09. The number of β-amino-alcohol motifs (C(OH)–C–C–N with tert-alkyl or cyclic N) is 1. The number of aliphatic hydroxyl groups is 4. The van der Waals surface area contributed by atoms with E-state index in [9.17, 15) is 20.4 Å². The number of imidazole rings is 1. The van der Waals surface area contributed by atoms with E-state index in [1.165, 1.54) is 10.9 Å². The summed E-state index contributed by atoms with van der Waals surface area (Å²) in [5.41, 5.74) is 3.82. The number of hydrogen-bond acceptors (Lipinski definition) is 10. The Morgan fingerprint density at radius 3 is 2.78 bits per heavy atom. The van der Waals surface area contributed by atoms with Crippen LogP contribution in [0.25, 0.3) is 11.2 Å². The number of hydrazine groups is 1. The highest BCUT2D eigenvalue weighted by Crippen LogP contribution is 2.32. The summed E-state index contributed by atoms with van der Waals surface area (Å²) in [5.74, 6) is 0.365. The zero-order chi connectivity index (χ0) is 19.1. The van der Waals surface area contributed by atoms with E-state index in [0.29, 0.717) is 23.5 Å². The Kier molecular flexibility index (Phi) is 5.16. The smallest absolute Gasteiger partial charge is 0.226 e. The van der Waals surface area contributed by atoms with E-state index in [0.717, 1.165) is 19.4 Å². The predicted molar refractivity (Wildman–Crippen MR) is 93.8 cm³/mol. The van der Waals surface area contributed by atoms with E-state index in [1.54, 1.807) is 0 Å². The van der Waals surface area contributed by atoms with E-state index in [4.69, 9.17) is 16.3 Å². The predicted octanol–water partition coefficient (Wildman–Crippen LogP) is -1.13. The van der Waals surface area contributed by atoms with Gasteiger partial charge in [0.25, 0.3) is 0 Å². The molecule has 2 aliphatic rings. The van der Waals surface area contributed by atoms with Gasteiger partial charge in [-0.15, -0.1) is 0 Å². The van der Waals surface area contributed by atoms with Crippen LogP contribution < -0.4 is 5.43 Å². The van der Waals surface area contributed by atoms with Crippen molar-refractivity contribution >= 4 is 28.6 Å². The van der Waals surface area contributed by atoms with Gasteiger partial charge in [-0.2, -0.15) is 9.97 Å². The molecule has 0 spiro atoms. The molecule has 0 aliphatic carbocycles. The SMILES string of the molecule is OC[C@H]1O[C@@H](n2cnc3c(NN4CCCC(O)C4)nc(Cl)nc32)[C@H](O)[C@@H]1O. The first-order valence-electron chi connectivity index (χ1n) is 8.70. The highest BCUT2D eigenvalue weighted by atomic mass is 35.5. The second-order valence-electron chi connectivity index (χ2n) is 6.75. The topological polar surface area (TPSA) is 149 Å².